The minimum atomic E-state index is -0.0592. The molecule has 28 heavy (non-hydrogen) atoms. The third kappa shape index (κ3) is 3.24. The van der Waals surface area contributed by atoms with Gasteiger partial charge in [0.05, 0.1) is 23.5 Å². The van der Waals surface area contributed by atoms with Crippen LogP contribution in [0.3, 0.4) is 0 Å². The van der Waals surface area contributed by atoms with E-state index >= 15 is 0 Å². The highest BCUT2D eigenvalue weighted by atomic mass is 16.5. The fraction of sp³-hybridized carbons (Fsp3) is 0.368. The van der Waals surface area contributed by atoms with Gasteiger partial charge in [-0.25, -0.2) is 14.5 Å². The van der Waals surface area contributed by atoms with Crippen molar-refractivity contribution in [2.45, 2.75) is 12.5 Å². The number of aromatic hydroxyl groups is 1. The van der Waals surface area contributed by atoms with Crippen molar-refractivity contribution in [2.75, 3.05) is 38.8 Å². The number of ether oxygens (including phenoxy) is 1. The predicted octanol–water partition coefficient (Wildman–Crippen LogP) is 1.18. The van der Waals surface area contributed by atoms with Crippen LogP contribution in [0.1, 0.15) is 6.42 Å². The molecular weight excluding hydrogens is 360 g/mol. The molecule has 9 nitrogen and oxygen atoms in total. The number of carbonyl (C=O) groups excluding carboxylic acids is 1. The van der Waals surface area contributed by atoms with Crippen LogP contribution in [0.15, 0.2) is 36.7 Å². The first-order valence-corrected chi connectivity index (χ1v) is 9.07. The quantitative estimate of drug-likeness (QED) is 0.708. The zero-order chi connectivity index (χ0) is 19.7. The van der Waals surface area contributed by atoms with Crippen LogP contribution >= 0.6 is 0 Å². The molecule has 1 N–H and O–H groups in total. The van der Waals surface area contributed by atoms with E-state index in [2.05, 4.69) is 14.9 Å². The highest BCUT2D eigenvalue weighted by molar-refractivity contribution is 5.77. The van der Waals surface area contributed by atoms with Gasteiger partial charge in [0.2, 0.25) is 11.8 Å². The second-order valence-corrected chi connectivity index (χ2v) is 6.81. The van der Waals surface area contributed by atoms with Crippen LogP contribution in [-0.2, 0) is 9.53 Å². The number of fused-ring (bicyclic) bond motifs is 1. The van der Waals surface area contributed by atoms with Gasteiger partial charge >= 0.3 is 0 Å². The van der Waals surface area contributed by atoms with E-state index in [0.29, 0.717) is 23.4 Å². The summed E-state index contributed by atoms with van der Waals surface area (Å²) in [5, 5.41) is 14.8. The van der Waals surface area contributed by atoms with Crippen LogP contribution in [0.25, 0.3) is 16.9 Å². The number of hydrogen-bond acceptors (Lipinski definition) is 7. The minimum absolute atomic E-state index is 0.0262. The number of imidazole rings is 1. The lowest BCUT2D eigenvalue weighted by Crippen LogP contribution is -2.40. The SMILES string of the molecule is COCC(=O)N(C)C1CCN(c2ccc3ncc(-c4cccnc4O)n3n2)C1. The van der Waals surface area contributed by atoms with Gasteiger partial charge in [0.15, 0.2) is 5.65 Å². The lowest BCUT2D eigenvalue weighted by Gasteiger charge is -2.25. The number of amides is 1. The summed E-state index contributed by atoms with van der Waals surface area (Å²) in [7, 11) is 3.33. The summed E-state index contributed by atoms with van der Waals surface area (Å²) in [6.07, 6.45) is 4.07. The Bertz CT molecular complexity index is 1000. The summed E-state index contributed by atoms with van der Waals surface area (Å²) in [4.78, 5) is 24.3. The minimum Gasteiger partial charge on any atom is -0.493 e. The summed E-state index contributed by atoms with van der Waals surface area (Å²) in [6, 6.07) is 7.48. The molecule has 0 saturated carbocycles. The Hall–Kier alpha value is -3.20. The van der Waals surface area contributed by atoms with Crippen LogP contribution < -0.4 is 4.90 Å². The second-order valence-electron chi connectivity index (χ2n) is 6.81. The molecule has 1 aliphatic rings. The van der Waals surface area contributed by atoms with Crippen molar-refractivity contribution in [3.05, 3.63) is 36.7 Å². The van der Waals surface area contributed by atoms with Gasteiger partial charge in [-0.3, -0.25) is 4.79 Å². The molecule has 1 atom stereocenters. The molecule has 0 bridgehead atoms. The zero-order valence-corrected chi connectivity index (χ0v) is 15.8. The van der Waals surface area contributed by atoms with Gasteiger partial charge in [0.25, 0.3) is 0 Å². The number of pyridine rings is 1. The lowest BCUT2D eigenvalue weighted by atomic mass is 10.2. The second kappa shape index (κ2) is 7.43. The van der Waals surface area contributed by atoms with Crippen molar-refractivity contribution in [3.63, 3.8) is 0 Å². The number of rotatable bonds is 5. The lowest BCUT2D eigenvalue weighted by molar-refractivity contribution is -0.135. The molecule has 146 valence electrons. The molecule has 3 aromatic heterocycles. The van der Waals surface area contributed by atoms with Gasteiger partial charge in [0, 0.05) is 33.4 Å². The molecule has 1 amide bonds. The molecule has 1 aliphatic heterocycles. The molecule has 4 rings (SSSR count). The van der Waals surface area contributed by atoms with Crippen molar-refractivity contribution in [3.8, 4) is 17.1 Å². The first-order valence-electron chi connectivity index (χ1n) is 9.07. The predicted molar refractivity (Wildman–Crippen MR) is 103 cm³/mol. The first kappa shape index (κ1) is 18.2. The number of carbonyl (C=O) groups is 1. The molecule has 0 aliphatic carbocycles. The summed E-state index contributed by atoms with van der Waals surface area (Å²) in [6.45, 7) is 1.59. The van der Waals surface area contributed by atoms with Crippen molar-refractivity contribution in [1.82, 2.24) is 24.5 Å². The maximum Gasteiger partial charge on any atom is 0.248 e. The van der Waals surface area contributed by atoms with Crippen molar-refractivity contribution >= 4 is 17.4 Å². The molecule has 3 aromatic rings. The molecule has 1 fully saturated rings. The average Bonchev–Trinajstić information content (AvgIpc) is 3.35. The van der Waals surface area contributed by atoms with Crippen LogP contribution in [0, 0.1) is 0 Å². The zero-order valence-electron chi connectivity index (χ0n) is 15.8. The molecule has 0 spiro atoms. The molecule has 0 aromatic carbocycles. The highest BCUT2D eigenvalue weighted by Crippen LogP contribution is 2.28. The van der Waals surface area contributed by atoms with E-state index in [4.69, 9.17) is 9.84 Å². The Kier molecular flexibility index (Phi) is 4.82. The summed E-state index contributed by atoms with van der Waals surface area (Å²) in [5.74, 6) is 0.711. The number of methoxy groups -OCH3 is 1. The Morgan fingerprint density at radius 1 is 1.36 bits per heavy atom. The third-order valence-electron chi connectivity index (χ3n) is 5.11. The number of likely N-dealkylation sites (N-methyl/N-ethyl adjacent to an activating group) is 1. The molecule has 1 saturated heterocycles. The van der Waals surface area contributed by atoms with Crippen molar-refractivity contribution in [2.24, 2.45) is 0 Å². The van der Waals surface area contributed by atoms with E-state index in [1.165, 1.54) is 13.3 Å². The molecule has 9 heteroatoms. The van der Waals surface area contributed by atoms with Gasteiger partial charge in [-0.15, -0.1) is 5.10 Å². The molecule has 1 unspecified atom stereocenters. The van der Waals surface area contributed by atoms with Crippen LogP contribution in [0.5, 0.6) is 5.88 Å². The van der Waals surface area contributed by atoms with Gasteiger partial charge in [0.1, 0.15) is 12.4 Å². The highest BCUT2D eigenvalue weighted by Gasteiger charge is 2.29. The normalized spacial score (nSPS) is 16.6. The van der Waals surface area contributed by atoms with Crippen molar-refractivity contribution < 1.29 is 14.6 Å². The van der Waals surface area contributed by atoms with Gasteiger partial charge in [-0.1, -0.05) is 0 Å². The Morgan fingerprint density at radius 3 is 3.00 bits per heavy atom. The van der Waals surface area contributed by atoms with Gasteiger partial charge in [-0.05, 0) is 30.7 Å². The van der Waals surface area contributed by atoms with Crippen LogP contribution in [-0.4, -0.2) is 75.4 Å². The van der Waals surface area contributed by atoms with E-state index in [0.717, 1.165) is 18.8 Å². The van der Waals surface area contributed by atoms with E-state index in [-0.39, 0.29) is 24.4 Å². The smallest absolute Gasteiger partial charge is 0.248 e. The number of aromatic nitrogens is 4. The Balaban J connectivity index is 1.60. The van der Waals surface area contributed by atoms with E-state index < -0.39 is 0 Å². The molecule has 0 radical (unpaired) electrons. The molecular formula is C19H22N6O3. The van der Waals surface area contributed by atoms with Crippen LogP contribution in [0.4, 0.5) is 5.82 Å². The fourth-order valence-electron chi connectivity index (χ4n) is 3.51. The Morgan fingerprint density at radius 2 is 2.21 bits per heavy atom. The monoisotopic (exact) mass is 382 g/mol. The maximum absolute atomic E-state index is 12.1. The van der Waals surface area contributed by atoms with E-state index in [1.54, 1.807) is 27.7 Å². The number of hydrogen-bond donors (Lipinski definition) is 1. The van der Waals surface area contributed by atoms with Gasteiger partial charge < -0.3 is 19.6 Å². The number of anilines is 1. The average molecular weight is 382 g/mol. The Labute approximate surface area is 162 Å². The summed E-state index contributed by atoms with van der Waals surface area (Å²) >= 11 is 0. The van der Waals surface area contributed by atoms with Crippen LogP contribution in [0.2, 0.25) is 0 Å². The largest absolute Gasteiger partial charge is 0.493 e. The standard InChI is InChI=1S/C19H22N6O3/c1-23(18(26)12-28-2)13-7-9-24(11-13)17-6-5-16-21-10-15(25(16)22-17)14-4-3-8-20-19(14)27/h3-6,8,10,13H,7,9,11-12H2,1-2H3,(H,20,27). The maximum atomic E-state index is 12.1. The fourth-order valence-corrected chi connectivity index (χ4v) is 3.51. The molecule has 4 heterocycles. The number of nitrogens with zero attached hydrogens (tertiary/aromatic N) is 6. The van der Waals surface area contributed by atoms with E-state index in [1.807, 2.05) is 19.2 Å². The summed E-state index contributed by atoms with van der Waals surface area (Å²) in [5.41, 5.74) is 1.93. The van der Waals surface area contributed by atoms with E-state index in [9.17, 15) is 9.90 Å². The topological polar surface area (TPSA) is 96.1 Å². The summed E-state index contributed by atoms with van der Waals surface area (Å²) < 4.78 is 6.65. The first-order chi connectivity index (χ1) is 13.6. The van der Waals surface area contributed by atoms with Gasteiger partial charge in [-0.2, -0.15) is 0 Å². The third-order valence-corrected chi connectivity index (χ3v) is 5.11. The van der Waals surface area contributed by atoms with Crippen molar-refractivity contribution in [1.29, 1.82) is 0 Å².